The summed E-state index contributed by atoms with van der Waals surface area (Å²) in [5, 5.41) is 22.7. The fourth-order valence-electron chi connectivity index (χ4n) is 2.17. The van der Waals surface area contributed by atoms with Crippen molar-refractivity contribution in [2.75, 3.05) is 0 Å². The van der Waals surface area contributed by atoms with Gasteiger partial charge in [-0.05, 0) is 46.7 Å². The van der Waals surface area contributed by atoms with Crippen LogP contribution in [0.5, 0.6) is 5.75 Å². The summed E-state index contributed by atoms with van der Waals surface area (Å²) in [6, 6.07) is 17.2. The molecule has 0 aliphatic heterocycles. The Kier molecular flexibility index (Phi) is 3.58. The van der Waals surface area contributed by atoms with Crippen LogP contribution in [0.3, 0.4) is 0 Å². The summed E-state index contributed by atoms with van der Waals surface area (Å²) in [7, 11) is 0. The number of carboxylic acids is 1. The molecule has 0 atom stereocenters. The number of aromatic carboxylic acids is 1. The van der Waals surface area contributed by atoms with Gasteiger partial charge in [0.1, 0.15) is 0 Å². The van der Waals surface area contributed by atoms with Gasteiger partial charge in [-0.1, -0.05) is 36.1 Å². The lowest BCUT2D eigenvalue weighted by Gasteiger charge is -2.11. The van der Waals surface area contributed by atoms with Gasteiger partial charge in [0.05, 0.1) is 11.3 Å². The first kappa shape index (κ1) is 13.8. The molecule has 0 aliphatic rings. The Hall–Kier alpha value is -3.14. The second kappa shape index (κ2) is 5.69. The van der Waals surface area contributed by atoms with Gasteiger partial charge in [0.25, 0.3) is 0 Å². The predicted molar refractivity (Wildman–Crippen MR) is 84.0 cm³/mol. The van der Waals surface area contributed by atoms with Crippen molar-refractivity contribution in [1.82, 2.24) is 0 Å². The van der Waals surface area contributed by atoms with Gasteiger partial charge in [-0.2, -0.15) is 0 Å². The van der Waals surface area contributed by atoms with Crippen LogP contribution in [0.25, 0.3) is 10.8 Å². The zero-order valence-corrected chi connectivity index (χ0v) is 11.6. The second-order valence-electron chi connectivity index (χ2n) is 4.85. The first-order chi connectivity index (χ1) is 10.6. The molecule has 0 aliphatic carbocycles. The summed E-state index contributed by atoms with van der Waals surface area (Å²) in [4.78, 5) is 15.0. The molecular weight excluding hydrogens is 278 g/mol. The molecule has 0 spiro atoms. The van der Waals surface area contributed by atoms with Gasteiger partial charge in [0.2, 0.25) is 0 Å². The number of hydrogen-bond acceptors (Lipinski definition) is 3. The Morgan fingerprint density at radius 2 is 1.64 bits per heavy atom. The number of carboxylic acid groups (broad SMARTS) is 1. The van der Waals surface area contributed by atoms with E-state index in [2.05, 4.69) is 4.99 Å². The molecule has 0 amide bonds. The van der Waals surface area contributed by atoms with E-state index in [1.807, 2.05) is 24.3 Å². The molecule has 0 fully saturated rings. The molecule has 3 aromatic rings. The van der Waals surface area contributed by atoms with Crippen molar-refractivity contribution < 1.29 is 15.0 Å². The van der Waals surface area contributed by atoms with E-state index in [1.165, 1.54) is 18.3 Å². The fraction of sp³-hybridized carbons (Fsp3) is 0. The largest absolute Gasteiger partial charge is 0.872 e. The lowest BCUT2D eigenvalue weighted by Crippen LogP contribution is -1.96. The van der Waals surface area contributed by atoms with Gasteiger partial charge in [-0.3, -0.25) is 4.99 Å². The van der Waals surface area contributed by atoms with E-state index in [4.69, 9.17) is 5.11 Å². The van der Waals surface area contributed by atoms with Gasteiger partial charge < -0.3 is 10.2 Å². The number of aliphatic imine (C=N–C) groups is 1. The maximum atomic E-state index is 12.0. The third-order valence-corrected chi connectivity index (χ3v) is 3.35. The van der Waals surface area contributed by atoms with E-state index in [0.29, 0.717) is 11.3 Å². The van der Waals surface area contributed by atoms with Crippen LogP contribution < -0.4 is 5.11 Å². The van der Waals surface area contributed by atoms with Crippen molar-refractivity contribution in [3.05, 3.63) is 71.8 Å². The first-order valence-electron chi connectivity index (χ1n) is 6.71. The molecule has 3 rings (SSSR count). The maximum Gasteiger partial charge on any atom is 0.335 e. The molecule has 3 aromatic carbocycles. The van der Waals surface area contributed by atoms with Crippen LogP contribution in [0, 0.1) is 0 Å². The molecule has 0 saturated carbocycles. The van der Waals surface area contributed by atoms with Crippen LogP contribution in [0.1, 0.15) is 15.9 Å². The molecule has 108 valence electrons. The van der Waals surface area contributed by atoms with Crippen LogP contribution in [0.15, 0.2) is 65.7 Å². The third-order valence-electron chi connectivity index (χ3n) is 3.35. The summed E-state index contributed by atoms with van der Waals surface area (Å²) in [6.07, 6.45) is 1.50. The Morgan fingerprint density at radius 1 is 1.00 bits per heavy atom. The number of fused-ring (bicyclic) bond motifs is 1. The van der Waals surface area contributed by atoms with Crippen molar-refractivity contribution in [2.45, 2.75) is 0 Å². The Balaban J connectivity index is 1.91. The second-order valence-corrected chi connectivity index (χ2v) is 4.85. The topological polar surface area (TPSA) is 72.7 Å². The first-order valence-corrected chi connectivity index (χ1v) is 6.71. The maximum absolute atomic E-state index is 12.0. The molecule has 0 bridgehead atoms. The zero-order valence-electron chi connectivity index (χ0n) is 11.6. The molecule has 0 unspecified atom stereocenters. The normalized spacial score (nSPS) is 11.1. The summed E-state index contributed by atoms with van der Waals surface area (Å²) in [5.41, 5.74) is 1.30. The zero-order chi connectivity index (χ0) is 15.5. The van der Waals surface area contributed by atoms with Gasteiger partial charge in [-0.15, -0.1) is 0 Å². The average Bonchev–Trinajstić information content (AvgIpc) is 2.53. The quantitative estimate of drug-likeness (QED) is 0.752. The molecular formula is C18H12NO3-. The van der Waals surface area contributed by atoms with Crippen LogP contribution in [0.2, 0.25) is 0 Å². The molecule has 0 radical (unpaired) electrons. The van der Waals surface area contributed by atoms with Crippen LogP contribution in [-0.2, 0) is 0 Å². The lowest BCUT2D eigenvalue weighted by atomic mass is 10.1. The Morgan fingerprint density at radius 3 is 2.27 bits per heavy atom. The van der Waals surface area contributed by atoms with Gasteiger partial charge in [0, 0.05) is 6.21 Å². The Bertz CT molecular complexity index is 867. The van der Waals surface area contributed by atoms with Gasteiger partial charge in [0.15, 0.2) is 0 Å². The van der Waals surface area contributed by atoms with Crippen LogP contribution >= 0.6 is 0 Å². The highest BCUT2D eigenvalue weighted by Gasteiger charge is 2.01. The van der Waals surface area contributed by atoms with E-state index in [-0.39, 0.29) is 11.3 Å². The molecule has 1 N–H and O–H groups in total. The number of benzene rings is 3. The number of hydrogen-bond donors (Lipinski definition) is 1. The number of carbonyl (C=O) groups is 1. The average molecular weight is 290 g/mol. The number of rotatable bonds is 3. The molecule has 0 saturated heterocycles. The molecule has 0 aromatic heterocycles. The Labute approximate surface area is 127 Å². The van der Waals surface area contributed by atoms with Crippen molar-refractivity contribution in [3.63, 3.8) is 0 Å². The fourth-order valence-corrected chi connectivity index (χ4v) is 2.17. The summed E-state index contributed by atoms with van der Waals surface area (Å²) in [6.45, 7) is 0. The van der Waals surface area contributed by atoms with Crippen LogP contribution in [0.4, 0.5) is 5.69 Å². The minimum atomic E-state index is -0.980. The number of nitrogens with zero attached hydrogens (tertiary/aromatic N) is 1. The minimum Gasteiger partial charge on any atom is -0.872 e. The highest BCUT2D eigenvalue weighted by atomic mass is 16.4. The van der Waals surface area contributed by atoms with Gasteiger partial charge >= 0.3 is 5.97 Å². The SMILES string of the molecule is O=C(O)c1ccc(N=Cc2cc3ccccc3cc2[O-])cc1. The van der Waals surface area contributed by atoms with Crippen molar-refractivity contribution in [3.8, 4) is 5.75 Å². The highest BCUT2D eigenvalue weighted by molar-refractivity contribution is 5.94. The smallest absolute Gasteiger partial charge is 0.335 e. The summed E-state index contributed by atoms with van der Waals surface area (Å²) >= 11 is 0. The molecule has 4 heteroatoms. The summed E-state index contributed by atoms with van der Waals surface area (Å²) in [5.74, 6) is -1.07. The highest BCUT2D eigenvalue weighted by Crippen LogP contribution is 2.22. The predicted octanol–water partition coefficient (Wildman–Crippen LogP) is 3.36. The standard InChI is InChI=1S/C18H13NO3/c20-17-10-14-4-2-1-3-13(14)9-15(17)11-19-16-7-5-12(6-8-16)18(21)22/h1-11,20H,(H,21,22)/p-1. The van der Waals surface area contributed by atoms with E-state index in [9.17, 15) is 9.90 Å². The van der Waals surface area contributed by atoms with E-state index in [1.54, 1.807) is 24.3 Å². The molecule has 22 heavy (non-hydrogen) atoms. The summed E-state index contributed by atoms with van der Waals surface area (Å²) < 4.78 is 0. The minimum absolute atomic E-state index is 0.0930. The van der Waals surface area contributed by atoms with Crippen LogP contribution in [-0.4, -0.2) is 17.3 Å². The van der Waals surface area contributed by atoms with E-state index >= 15 is 0 Å². The van der Waals surface area contributed by atoms with Gasteiger partial charge in [-0.25, -0.2) is 4.79 Å². The lowest BCUT2D eigenvalue weighted by molar-refractivity contribution is -0.268. The van der Waals surface area contributed by atoms with Crippen molar-refractivity contribution in [1.29, 1.82) is 0 Å². The monoisotopic (exact) mass is 290 g/mol. The van der Waals surface area contributed by atoms with E-state index in [0.717, 1.165) is 10.8 Å². The van der Waals surface area contributed by atoms with E-state index < -0.39 is 5.97 Å². The third kappa shape index (κ3) is 2.81. The van der Waals surface area contributed by atoms with Crippen molar-refractivity contribution in [2.24, 2.45) is 4.99 Å². The molecule has 0 heterocycles. The van der Waals surface area contributed by atoms with Crippen molar-refractivity contribution >= 4 is 28.6 Å². The molecule has 4 nitrogen and oxygen atoms in total.